The summed E-state index contributed by atoms with van der Waals surface area (Å²) in [6.45, 7) is 2.47. The second-order valence-electron chi connectivity index (χ2n) is 5.40. The van der Waals surface area contributed by atoms with Crippen LogP contribution in [0.25, 0.3) is 0 Å². The molecule has 20 heavy (non-hydrogen) atoms. The molecule has 0 saturated heterocycles. The second kappa shape index (κ2) is 5.29. The zero-order chi connectivity index (χ0) is 14.1. The van der Waals surface area contributed by atoms with Crippen LogP contribution in [0.4, 0.5) is 10.1 Å². The van der Waals surface area contributed by atoms with Gasteiger partial charge >= 0.3 is 0 Å². The lowest BCUT2D eigenvalue weighted by Gasteiger charge is -2.27. The van der Waals surface area contributed by atoms with Crippen LogP contribution >= 0.6 is 0 Å². The lowest BCUT2D eigenvalue weighted by Crippen LogP contribution is -2.27. The molecule has 3 nitrogen and oxygen atoms in total. The summed E-state index contributed by atoms with van der Waals surface area (Å²) in [6.07, 6.45) is 3.93. The topological polar surface area (TPSA) is 42.4 Å². The van der Waals surface area contributed by atoms with E-state index >= 15 is 0 Å². The van der Waals surface area contributed by atoms with Crippen molar-refractivity contribution in [2.24, 2.45) is 5.73 Å². The van der Waals surface area contributed by atoms with Gasteiger partial charge in [-0.25, -0.2) is 4.39 Å². The average Bonchev–Trinajstić information content (AvgIpc) is 3.12. The van der Waals surface area contributed by atoms with Crippen molar-refractivity contribution in [3.63, 3.8) is 0 Å². The highest BCUT2D eigenvalue weighted by atomic mass is 19.1. The lowest BCUT2D eigenvalue weighted by atomic mass is 10.0. The molecule has 4 heteroatoms. The Kier molecular flexibility index (Phi) is 3.49. The van der Waals surface area contributed by atoms with Crippen LogP contribution in [-0.4, -0.2) is 6.04 Å². The summed E-state index contributed by atoms with van der Waals surface area (Å²) in [7, 11) is 0. The standard InChI is InChI=1S/C16H19FN2O/c1-11(18)16-14(17)5-2-6-15(16)19(12-7-8-12)10-13-4-3-9-20-13/h2-6,9,11-12H,7-8,10,18H2,1H3/t11-/m1/s1. The van der Waals surface area contributed by atoms with Gasteiger partial charge in [-0.05, 0) is 44.0 Å². The highest BCUT2D eigenvalue weighted by molar-refractivity contribution is 5.57. The molecular weight excluding hydrogens is 255 g/mol. The molecule has 0 spiro atoms. The summed E-state index contributed by atoms with van der Waals surface area (Å²) >= 11 is 0. The quantitative estimate of drug-likeness (QED) is 0.905. The molecule has 1 fully saturated rings. The molecule has 0 unspecified atom stereocenters. The molecule has 1 heterocycles. The zero-order valence-electron chi connectivity index (χ0n) is 11.6. The first-order valence-electron chi connectivity index (χ1n) is 7.00. The molecule has 1 aromatic carbocycles. The second-order valence-corrected chi connectivity index (χ2v) is 5.40. The van der Waals surface area contributed by atoms with Crippen LogP contribution in [0.2, 0.25) is 0 Å². The number of benzene rings is 1. The first-order chi connectivity index (χ1) is 9.66. The van der Waals surface area contributed by atoms with E-state index in [1.165, 1.54) is 6.07 Å². The van der Waals surface area contributed by atoms with Gasteiger partial charge in [0.05, 0.1) is 12.8 Å². The first kappa shape index (κ1) is 13.2. The van der Waals surface area contributed by atoms with E-state index in [0.29, 0.717) is 18.2 Å². The highest BCUT2D eigenvalue weighted by Crippen LogP contribution is 2.37. The van der Waals surface area contributed by atoms with E-state index < -0.39 is 0 Å². The Hall–Kier alpha value is -1.81. The van der Waals surface area contributed by atoms with Crippen LogP contribution in [0, 0.1) is 5.82 Å². The molecule has 3 rings (SSSR count). The van der Waals surface area contributed by atoms with Gasteiger partial charge in [0, 0.05) is 23.3 Å². The molecule has 1 atom stereocenters. The first-order valence-corrected chi connectivity index (χ1v) is 7.00. The minimum absolute atomic E-state index is 0.234. The van der Waals surface area contributed by atoms with Crippen molar-refractivity contribution in [1.29, 1.82) is 0 Å². The van der Waals surface area contributed by atoms with E-state index in [0.717, 1.165) is 24.3 Å². The molecule has 0 bridgehead atoms. The SMILES string of the molecule is C[C@@H](N)c1c(F)cccc1N(Cc1ccco1)C1CC1. The highest BCUT2D eigenvalue weighted by Gasteiger charge is 2.32. The van der Waals surface area contributed by atoms with Crippen molar-refractivity contribution in [3.8, 4) is 0 Å². The van der Waals surface area contributed by atoms with Gasteiger partial charge in [-0.15, -0.1) is 0 Å². The van der Waals surface area contributed by atoms with Crippen molar-refractivity contribution in [2.75, 3.05) is 4.90 Å². The van der Waals surface area contributed by atoms with Crippen LogP contribution in [0.3, 0.4) is 0 Å². The van der Waals surface area contributed by atoms with E-state index in [-0.39, 0.29) is 11.9 Å². The zero-order valence-corrected chi connectivity index (χ0v) is 11.6. The molecule has 0 amide bonds. The van der Waals surface area contributed by atoms with E-state index in [1.807, 2.05) is 25.1 Å². The van der Waals surface area contributed by atoms with Crippen molar-refractivity contribution < 1.29 is 8.81 Å². The van der Waals surface area contributed by atoms with E-state index in [9.17, 15) is 4.39 Å². The molecule has 2 N–H and O–H groups in total. The Morgan fingerprint density at radius 1 is 1.35 bits per heavy atom. The van der Waals surface area contributed by atoms with Crippen molar-refractivity contribution in [2.45, 2.75) is 38.4 Å². The smallest absolute Gasteiger partial charge is 0.130 e. The fraction of sp³-hybridized carbons (Fsp3) is 0.375. The molecule has 0 radical (unpaired) electrons. The van der Waals surface area contributed by atoms with Crippen LogP contribution in [0.15, 0.2) is 41.0 Å². The summed E-state index contributed by atoms with van der Waals surface area (Å²) in [5, 5.41) is 0. The van der Waals surface area contributed by atoms with Crippen molar-refractivity contribution in [3.05, 3.63) is 53.7 Å². The normalized spacial score (nSPS) is 16.1. The molecule has 1 aliphatic carbocycles. The van der Waals surface area contributed by atoms with Crippen molar-refractivity contribution in [1.82, 2.24) is 0 Å². The lowest BCUT2D eigenvalue weighted by molar-refractivity contribution is 0.499. The molecule has 1 aliphatic rings. The van der Waals surface area contributed by atoms with Gasteiger partial charge in [0.1, 0.15) is 11.6 Å². The maximum absolute atomic E-state index is 14.1. The molecule has 1 aromatic heterocycles. The van der Waals surface area contributed by atoms with E-state index in [2.05, 4.69) is 4.90 Å². The van der Waals surface area contributed by atoms with Crippen molar-refractivity contribution >= 4 is 5.69 Å². The Morgan fingerprint density at radius 3 is 2.75 bits per heavy atom. The van der Waals surface area contributed by atoms with Crippen LogP contribution in [0.1, 0.15) is 37.1 Å². The molecular formula is C16H19FN2O. The van der Waals surface area contributed by atoms with Gasteiger partial charge in [-0.2, -0.15) is 0 Å². The number of furan rings is 1. The van der Waals surface area contributed by atoms with E-state index in [4.69, 9.17) is 10.2 Å². The number of nitrogens with two attached hydrogens (primary N) is 1. The van der Waals surface area contributed by atoms with Gasteiger partial charge < -0.3 is 15.1 Å². The third-order valence-electron chi connectivity index (χ3n) is 3.69. The minimum atomic E-state index is -0.330. The molecule has 1 saturated carbocycles. The maximum Gasteiger partial charge on any atom is 0.130 e. The summed E-state index contributed by atoms with van der Waals surface area (Å²) in [6, 6.07) is 9.11. The summed E-state index contributed by atoms with van der Waals surface area (Å²) < 4.78 is 19.5. The summed E-state index contributed by atoms with van der Waals surface area (Å²) in [5.41, 5.74) is 7.43. The number of rotatable bonds is 5. The van der Waals surface area contributed by atoms with Crippen LogP contribution in [0.5, 0.6) is 0 Å². The maximum atomic E-state index is 14.1. The minimum Gasteiger partial charge on any atom is -0.467 e. The summed E-state index contributed by atoms with van der Waals surface area (Å²) in [4.78, 5) is 2.21. The number of anilines is 1. The molecule has 106 valence electrons. The Labute approximate surface area is 118 Å². The predicted octanol–water partition coefficient (Wildman–Crippen LogP) is 3.61. The van der Waals surface area contributed by atoms with Gasteiger partial charge in [0.25, 0.3) is 0 Å². The van der Waals surface area contributed by atoms with Gasteiger partial charge in [0.2, 0.25) is 0 Å². The van der Waals surface area contributed by atoms with Gasteiger partial charge in [-0.3, -0.25) is 0 Å². The summed E-state index contributed by atoms with van der Waals surface area (Å²) in [5.74, 6) is 0.652. The number of hydrogen-bond acceptors (Lipinski definition) is 3. The fourth-order valence-corrected chi connectivity index (χ4v) is 2.59. The van der Waals surface area contributed by atoms with E-state index in [1.54, 1.807) is 12.3 Å². The van der Waals surface area contributed by atoms with Crippen LogP contribution < -0.4 is 10.6 Å². The Balaban J connectivity index is 1.97. The Bertz CT molecular complexity index is 576. The predicted molar refractivity (Wildman–Crippen MR) is 76.9 cm³/mol. The number of nitrogens with zero attached hydrogens (tertiary/aromatic N) is 1. The average molecular weight is 274 g/mol. The van der Waals surface area contributed by atoms with Crippen LogP contribution in [-0.2, 0) is 6.54 Å². The third kappa shape index (κ3) is 2.56. The number of hydrogen-bond donors (Lipinski definition) is 1. The molecule has 2 aromatic rings. The van der Waals surface area contributed by atoms with Gasteiger partial charge in [0.15, 0.2) is 0 Å². The molecule has 0 aliphatic heterocycles. The van der Waals surface area contributed by atoms with Gasteiger partial charge in [-0.1, -0.05) is 6.07 Å². The largest absolute Gasteiger partial charge is 0.467 e. The number of halogens is 1. The Morgan fingerprint density at radius 2 is 2.15 bits per heavy atom. The third-order valence-corrected chi connectivity index (χ3v) is 3.69. The fourth-order valence-electron chi connectivity index (χ4n) is 2.59. The monoisotopic (exact) mass is 274 g/mol.